The maximum Gasteiger partial charge on any atom is 0.188 e. The highest BCUT2D eigenvalue weighted by atomic mass is 16.8. The van der Waals surface area contributed by atoms with Crippen molar-refractivity contribution in [1.82, 2.24) is 0 Å². The third-order valence-corrected chi connectivity index (χ3v) is 2.53. The van der Waals surface area contributed by atoms with Crippen molar-refractivity contribution >= 4 is 6.29 Å². The average Bonchev–Trinajstić information content (AvgIpc) is 2.55. The Hall–Kier alpha value is -0.710. The fourth-order valence-electron chi connectivity index (χ4n) is 1.92. The molecule has 0 aromatic carbocycles. The second kappa shape index (κ2) is 3.15. The molecule has 0 amide bonds. The van der Waals surface area contributed by atoms with Gasteiger partial charge in [0.25, 0.3) is 0 Å². The van der Waals surface area contributed by atoms with E-state index in [2.05, 4.69) is 6.58 Å². The molecule has 4 unspecified atom stereocenters. The fourth-order valence-corrected chi connectivity index (χ4v) is 1.92. The number of rotatable bonds is 2. The molecular weight excluding hydrogens is 184 g/mol. The largest absolute Gasteiger partial charge is 0.342 e. The molecule has 4 nitrogen and oxygen atoms in total. The quantitative estimate of drug-likeness (QED) is 0.487. The van der Waals surface area contributed by atoms with Crippen molar-refractivity contribution in [2.75, 3.05) is 0 Å². The van der Waals surface area contributed by atoms with E-state index >= 15 is 0 Å². The van der Waals surface area contributed by atoms with E-state index in [1.165, 1.54) is 0 Å². The monoisotopic (exact) mass is 198 g/mol. The van der Waals surface area contributed by atoms with E-state index in [4.69, 9.17) is 14.2 Å². The summed E-state index contributed by atoms with van der Waals surface area (Å²) in [6, 6.07) is 0. The topological polar surface area (TPSA) is 44.8 Å². The Bertz CT molecular complexity index is 261. The van der Waals surface area contributed by atoms with Crippen molar-refractivity contribution in [3.8, 4) is 0 Å². The minimum Gasteiger partial charge on any atom is -0.342 e. The van der Waals surface area contributed by atoms with Crippen LogP contribution in [0.1, 0.15) is 13.8 Å². The number of carbonyl (C=O) groups is 1. The summed E-state index contributed by atoms with van der Waals surface area (Å²) < 4.78 is 16.5. The normalized spacial score (nSPS) is 44.7. The second-order valence-electron chi connectivity index (χ2n) is 4.02. The molecule has 0 spiro atoms. The Balaban J connectivity index is 2.17. The summed E-state index contributed by atoms with van der Waals surface area (Å²) >= 11 is 0. The van der Waals surface area contributed by atoms with Crippen LogP contribution in [-0.4, -0.2) is 30.6 Å². The van der Waals surface area contributed by atoms with E-state index in [1.54, 1.807) is 19.9 Å². The van der Waals surface area contributed by atoms with Crippen LogP contribution in [0.25, 0.3) is 0 Å². The highest BCUT2D eigenvalue weighted by Crippen LogP contribution is 2.39. The van der Waals surface area contributed by atoms with Crippen molar-refractivity contribution in [2.45, 2.75) is 38.1 Å². The van der Waals surface area contributed by atoms with Gasteiger partial charge in [0.2, 0.25) is 0 Å². The second-order valence-corrected chi connectivity index (χ2v) is 4.02. The first-order valence-electron chi connectivity index (χ1n) is 4.66. The summed E-state index contributed by atoms with van der Waals surface area (Å²) in [6.45, 7) is 7.22. The maximum absolute atomic E-state index is 10.9. The van der Waals surface area contributed by atoms with Crippen LogP contribution in [0.5, 0.6) is 0 Å². The molecule has 0 saturated carbocycles. The third-order valence-electron chi connectivity index (χ3n) is 2.53. The van der Waals surface area contributed by atoms with Gasteiger partial charge in [-0.25, -0.2) is 0 Å². The molecule has 0 N–H and O–H groups in total. The van der Waals surface area contributed by atoms with E-state index < -0.39 is 12.1 Å². The number of aldehydes is 1. The molecule has 2 heterocycles. The zero-order valence-electron chi connectivity index (χ0n) is 8.30. The van der Waals surface area contributed by atoms with Crippen LogP contribution in [0.2, 0.25) is 0 Å². The lowest BCUT2D eigenvalue weighted by Gasteiger charge is -2.21. The Morgan fingerprint density at radius 1 is 1.36 bits per heavy atom. The van der Waals surface area contributed by atoms with Gasteiger partial charge < -0.3 is 19.0 Å². The third kappa shape index (κ3) is 1.39. The molecule has 4 atom stereocenters. The Kier molecular flexibility index (Phi) is 2.21. The Labute approximate surface area is 82.8 Å². The van der Waals surface area contributed by atoms with E-state index in [1.807, 2.05) is 0 Å². The minimum absolute atomic E-state index is 0.293. The van der Waals surface area contributed by atoms with Gasteiger partial charge in [0, 0.05) is 0 Å². The highest BCUT2D eigenvalue weighted by molar-refractivity contribution is 5.57. The zero-order valence-corrected chi connectivity index (χ0v) is 8.30. The van der Waals surface area contributed by atoms with Crippen LogP contribution in [0.3, 0.4) is 0 Å². The highest BCUT2D eigenvalue weighted by Gasteiger charge is 2.53. The van der Waals surface area contributed by atoms with Gasteiger partial charge in [0.15, 0.2) is 12.1 Å². The molecule has 0 bridgehead atoms. The molecule has 2 saturated heterocycles. The predicted molar refractivity (Wildman–Crippen MR) is 48.4 cm³/mol. The van der Waals surface area contributed by atoms with E-state index in [0.29, 0.717) is 0 Å². The summed E-state index contributed by atoms with van der Waals surface area (Å²) in [7, 11) is 0. The van der Waals surface area contributed by atoms with E-state index in [9.17, 15) is 4.79 Å². The van der Waals surface area contributed by atoms with Gasteiger partial charge in [-0.05, 0) is 13.8 Å². The predicted octanol–water partition coefficient (Wildman–Crippen LogP) is 0.864. The van der Waals surface area contributed by atoms with Crippen molar-refractivity contribution in [3.05, 3.63) is 12.7 Å². The molecule has 78 valence electrons. The zero-order chi connectivity index (χ0) is 10.3. The van der Waals surface area contributed by atoms with Crippen molar-refractivity contribution in [2.24, 2.45) is 5.92 Å². The summed E-state index contributed by atoms with van der Waals surface area (Å²) in [5, 5.41) is 0. The van der Waals surface area contributed by atoms with Gasteiger partial charge in [-0.2, -0.15) is 0 Å². The van der Waals surface area contributed by atoms with Crippen LogP contribution in [0.15, 0.2) is 12.7 Å². The molecule has 2 fully saturated rings. The molecule has 2 rings (SSSR count). The van der Waals surface area contributed by atoms with E-state index in [0.717, 1.165) is 6.29 Å². The molecule has 2 aliphatic heterocycles. The average molecular weight is 198 g/mol. The molecule has 0 aromatic rings. The first kappa shape index (κ1) is 9.83. The smallest absolute Gasteiger partial charge is 0.188 e. The van der Waals surface area contributed by atoms with Crippen LogP contribution in [0.4, 0.5) is 0 Å². The summed E-state index contributed by atoms with van der Waals surface area (Å²) in [5.41, 5.74) is 0. The molecule has 0 aliphatic carbocycles. The lowest BCUT2D eigenvalue weighted by atomic mass is 10.0. The standard InChI is InChI=1S/C10H14O4/c1-4-7-6(5-11)8-9(12-7)14-10(2,3)13-8/h4-9H,1H2,2-3H3. The van der Waals surface area contributed by atoms with Gasteiger partial charge in [0.1, 0.15) is 12.4 Å². The Morgan fingerprint density at radius 2 is 2.07 bits per heavy atom. The van der Waals surface area contributed by atoms with Crippen molar-refractivity contribution < 1.29 is 19.0 Å². The molecular formula is C10H14O4. The molecule has 0 radical (unpaired) electrons. The van der Waals surface area contributed by atoms with E-state index in [-0.39, 0.29) is 18.1 Å². The van der Waals surface area contributed by atoms with Gasteiger partial charge in [-0.1, -0.05) is 6.08 Å². The summed E-state index contributed by atoms with van der Waals surface area (Å²) in [5.74, 6) is -0.970. The van der Waals surface area contributed by atoms with Crippen molar-refractivity contribution in [3.63, 3.8) is 0 Å². The molecule has 0 aromatic heterocycles. The number of fused-ring (bicyclic) bond motifs is 1. The fraction of sp³-hybridized carbons (Fsp3) is 0.700. The molecule has 2 aliphatic rings. The van der Waals surface area contributed by atoms with Gasteiger partial charge in [-0.15, -0.1) is 6.58 Å². The van der Waals surface area contributed by atoms with Crippen LogP contribution in [0, 0.1) is 5.92 Å². The molecule has 4 heteroatoms. The number of hydrogen-bond donors (Lipinski definition) is 0. The summed E-state index contributed by atoms with van der Waals surface area (Å²) in [4.78, 5) is 10.9. The number of carbonyl (C=O) groups excluding carboxylic acids is 1. The minimum atomic E-state index is -0.664. The lowest BCUT2D eigenvalue weighted by Crippen LogP contribution is -2.30. The van der Waals surface area contributed by atoms with Crippen molar-refractivity contribution in [1.29, 1.82) is 0 Å². The SMILES string of the molecule is C=CC1OC2OC(C)(C)OC2C1C=O. The van der Waals surface area contributed by atoms with Crippen LogP contribution < -0.4 is 0 Å². The molecule has 14 heavy (non-hydrogen) atoms. The van der Waals surface area contributed by atoms with Gasteiger partial charge >= 0.3 is 0 Å². The Morgan fingerprint density at radius 3 is 2.64 bits per heavy atom. The van der Waals surface area contributed by atoms with Gasteiger partial charge in [0.05, 0.1) is 12.0 Å². The van der Waals surface area contributed by atoms with Crippen LogP contribution in [-0.2, 0) is 19.0 Å². The van der Waals surface area contributed by atoms with Gasteiger partial charge in [-0.3, -0.25) is 0 Å². The number of ether oxygens (including phenoxy) is 3. The lowest BCUT2D eigenvalue weighted by molar-refractivity contribution is -0.203. The first-order valence-corrected chi connectivity index (χ1v) is 4.66. The first-order chi connectivity index (χ1) is 6.57. The number of hydrogen-bond acceptors (Lipinski definition) is 4. The van der Waals surface area contributed by atoms with Crippen LogP contribution >= 0.6 is 0 Å². The maximum atomic E-state index is 10.9. The summed E-state index contributed by atoms with van der Waals surface area (Å²) in [6.07, 6.45) is 1.42.